The minimum absolute atomic E-state index is 0.0196. The van der Waals surface area contributed by atoms with Gasteiger partial charge in [-0.15, -0.1) is 0 Å². The van der Waals surface area contributed by atoms with Crippen LogP contribution in [0.3, 0.4) is 0 Å². The number of hydrogen-bond acceptors (Lipinski definition) is 2. The first kappa shape index (κ1) is 17.0. The maximum absolute atomic E-state index is 13.5. The molecule has 0 radical (unpaired) electrons. The minimum Gasteiger partial charge on any atom is -0.464 e. The Bertz CT molecular complexity index is 652. The lowest BCUT2D eigenvalue weighted by molar-refractivity contribution is -0.365. The number of nitrogens with two attached hydrogens (primary N) is 1. The van der Waals surface area contributed by atoms with Gasteiger partial charge in [-0.25, -0.2) is 0 Å². The van der Waals surface area contributed by atoms with Crippen molar-refractivity contribution in [1.29, 1.82) is 0 Å². The molecule has 0 unspecified atom stereocenters. The Morgan fingerprint density at radius 2 is 1.30 bits per heavy atom. The molecule has 0 amide bonds. The summed E-state index contributed by atoms with van der Waals surface area (Å²) in [6, 6.07) is 9.28. The molecule has 0 fully saturated rings. The van der Waals surface area contributed by atoms with Gasteiger partial charge in [-0.2, -0.15) is 26.3 Å². The first-order chi connectivity index (χ1) is 10.6. The summed E-state index contributed by atoms with van der Waals surface area (Å²) in [4.78, 5) is 0. The molecule has 0 aromatic heterocycles. The normalized spacial score (nSPS) is 13.0. The van der Waals surface area contributed by atoms with Gasteiger partial charge in [0.25, 0.3) is 0 Å². The van der Waals surface area contributed by atoms with Crippen molar-refractivity contribution in [3.63, 3.8) is 0 Å². The zero-order valence-electron chi connectivity index (χ0n) is 11.4. The average Bonchev–Trinajstić information content (AvgIpc) is 2.43. The standard InChI is InChI=1S/C15H11F6NO/c16-14(17,18)13(15(19,20)21,10-5-2-1-3-6-10)23-12-8-4-7-11(22)9-12/h1-9H,22H2. The third-order valence-electron chi connectivity index (χ3n) is 3.11. The van der Waals surface area contributed by atoms with Crippen LogP contribution in [0.5, 0.6) is 5.75 Å². The second-order valence-electron chi connectivity index (χ2n) is 4.72. The Balaban J connectivity index is 2.68. The van der Waals surface area contributed by atoms with Crippen molar-refractivity contribution in [2.24, 2.45) is 0 Å². The maximum atomic E-state index is 13.5. The van der Waals surface area contributed by atoms with Gasteiger partial charge in [0.2, 0.25) is 0 Å². The average molecular weight is 335 g/mol. The third kappa shape index (κ3) is 3.06. The SMILES string of the molecule is Nc1cccc(OC(c2ccccc2)(C(F)(F)F)C(F)(F)F)c1. The number of halogens is 6. The minimum atomic E-state index is -5.74. The summed E-state index contributed by atoms with van der Waals surface area (Å²) in [6.45, 7) is 0. The Hall–Kier alpha value is -2.38. The molecule has 0 bridgehead atoms. The smallest absolute Gasteiger partial charge is 0.442 e. The first-order valence-corrected chi connectivity index (χ1v) is 6.31. The molecule has 0 aliphatic heterocycles. The molecule has 0 spiro atoms. The lowest BCUT2D eigenvalue weighted by Crippen LogP contribution is -2.58. The zero-order valence-corrected chi connectivity index (χ0v) is 11.4. The molecule has 0 aliphatic carbocycles. The van der Waals surface area contributed by atoms with E-state index in [1.165, 1.54) is 18.2 Å². The molecule has 0 saturated heterocycles. The monoisotopic (exact) mass is 335 g/mol. The Morgan fingerprint density at radius 1 is 0.739 bits per heavy atom. The van der Waals surface area contributed by atoms with E-state index in [4.69, 9.17) is 5.73 Å². The van der Waals surface area contributed by atoms with Gasteiger partial charge in [-0.1, -0.05) is 36.4 Å². The van der Waals surface area contributed by atoms with Crippen LogP contribution in [0.15, 0.2) is 54.6 Å². The van der Waals surface area contributed by atoms with Crippen molar-refractivity contribution in [3.05, 3.63) is 60.2 Å². The zero-order chi connectivity index (χ0) is 17.3. The molecule has 2 aromatic rings. The summed E-state index contributed by atoms with van der Waals surface area (Å²) in [6.07, 6.45) is -11.5. The van der Waals surface area contributed by atoms with Crippen molar-refractivity contribution in [3.8, 4) is 5.75 Å². The highest BCUT2D eigenvalue weighted by atomic mass is 19.4. The van der Waals surface area contributed by atoms with Crippen molar-refractivity contribution >= 4 is 5.69 Å². The van der Waals surface area contributed by atoms with Gasteiger partial charge in [-0.3, -0.25) is 0 Å². The van der Waals surface area contributed by atoms with Gasteiger partial charge in [-0.05, 0) is 12.1 Å². The summed E-state index contributed by atoms with van der Waals surface area (Å²) in [5.41, 5.74) is -0.186. The highest BCUT2D eigenvalue weighted by Crippen LogP contribution is 2.52. The van der Waals surface area contributed by atoms with E-state index < -0.39 is 29.3 Å². The summed E-state index contributed by atoms with van der Waals surface area (Å²) in [5.74, 6) is -0.636. The van der Waals surface area contributed by atoms with E-state index >= 15 is 0 Å². The van der Waals surface area contributed by atoms with Gasteiger partial charge < -0.3 is 10.5 Å². The Kier molecular flexibility index (Phi) is 4.19. The molecule has 23 heavy (non-hydrogen) atoms. The van der Waals surface area contributed by atoms with E-state index in [1.54, 1.807) is 0 Å². The fourth-order valence-electron chi connectivity index (χ4n) is 2.09. The van der Waals surface area contributed by atoms with E-state index in [1.807, 2.05) is 0 Å². The lowest BCUT2D eigenvalue weighted by atomic mass is 9.91. The molecule has 8 heteroatoms. The highest BCUT2D eigenvalue weighted by molar-refractivity contribution is 5.44. The number of anilines is 1. The van der Waals surface area contributed by atoms with Crippen molar-refractivity contribution < 1.29 is 31.1 Å². The number of ether oxygens (including phenoxy) is 1. The molecule has 2 N–H and O–H groups in total. The van der Waals surface area contributed by atoms with Crippen LogP contribution in [0.2, 0.25) is 0 Å². The molecule has 124 valence electrons. The fraction of sp³-hybridized carbons (Fsp3) is 0.200. The van der Waals surface area contributed by atoms with E-state index in [2.05, 4.69) is 4.74 Å². The summed E-state index contributed by atoms with van der Waals surface area (Å²) < 4.78 is 85.3. The number of hydrogen-bond donors (Lipinski definition) is 1. The second-order valence-corrected chi connectivity index (χ2v) is 4.72. The third-order valence-corrected chi connectivity index (χ3v) is 3.11. The van der Waals surface area contributed by atoms with Gasteiger partial charge in [0, 0.05) is 17.3 Å². The summed E-state index contributed by atoms with van der Waals surface area (Å²) in [5, 5.41) is 0. The van der Waals surface area contributed by atoms with E-state index in [9.17, 15) is 26.3 Å². The number of rotatable bonds is 3. The summed E-state index contributed by atoms with van der Waals surface area (Å²) >= 11 is 0. The number of benzene rings is 2. The topological polar surface area (TPSA) is 35.2 Å². The van der Waals surface area contributed by atoms with Crippen LogP contribution in [0, 0.1) is 0 Å². The Labute approximate surface area is 127 Å². The van der Waals surface area contributed by atoms with Crippen molar-refractivity contribution in [2.45, 2.75) is 18.0 Å². The Morgan fingerprint density at radius 3 is 1.78 bits per heavy atom. The van der Waals surface area contributed by atoms with E-state index in [0.717, 1.165) is 24.3 Å². The van der Waals surface area contributed by atoms with Gasteiger partial charge in [0.1, 0.15) is 5.75 Å². The lowest BCUT2D eigenvalue weighted by Gasteiger charge is -2.37. The van der Waals surface area contributed by atoms with Crippen LogP contribution in [0.25, 0.3) is 0 Å². The number of alkyl halides is 6. The summed E-state index contributed by atoms with van der Waals surface area (Å²) in [7, 11) is 0. The molecule has 2 rings (SSSR count). The van der Waals surface area contributed by atoms with Crippen molar-refractivity contribution in [1.82, 2.24) is 0 Å². The van der Waals surface area contributed by atoms with E-state index in [-0.39, 0.29) is 5.69 Å². The predicted molar refractivity (Wildman–Crippen MR) is 71.7 cm³/mol. The van der Waals surface area contributed by atoms with Crippen LogP contribution >= 0.6 is 0 Å². The maximum Gasteiger partial charge on any atom is 0.442 e. The van der Waals surface area contributed by atoms with Crippen LogP contribution in [0.4, 0.5) is 32.0 Å². The highest BCUT2D eigenvalue weighted by Gasteiger charge is 2.74. The fourth-order valence-corrected chi connectivity index (χ4v) is 2.09. The number of nitrogen functional groups attached to an aromatic ring is 1. The van der Waals surface area contributed by atoms with Crippen LogP contribution < -0.4 is 10.5 Å². The van der Waals surface area contributed by atoms with Gasteiger partial charge >= 0.3 is 18.0 Å². The van der Waals surface area contributed by atoms with Gasteiger partial charge in [0.05, 0.1) is 0 Å². The molecular weight excluding hydrogens is 324 g/mol. The first-order valence-electron chi connectivity index (χ1n) is 6.31. The molecule has 0 atom stereocenters. The van der Waals surface area contributed by atoms with Crippen LogP contribution in [-0.2, 0) is 5.60 Å². The van der Waals surface area contributed by atoms with Crippen LogP contribution in [0.1, 0.15) is 5.56 Å². The quantitative estimate of drug-likeness (QED) is 0.654. The van der Waals surface area contributed by atoms with E-state index in [0.29, 0.717) is 12.1 Å². The molecule has 0 aliphatic rings. The second kappa shape index (κ2) is 5.68. The molecule has 2 aromatic carbocycles. The van der Waals surface area contributed by atoms with Crippen LogP contribution in [-0.4, -0.2) is 12.4 Å². The predicted octanol–water partition coefficient (Wildman–Crippen LogP) is 4.67. The largest absolute Gasteiger partial charge is 0.464 e. The van der Waals surface area contributed by atoms with Crippen molar-refractivity contribution in [2.75, 3.05) is 5.73 Å². The molecule has 0 heterocycles. The molecule has 0 saturated carbocycles. The molecular formula is C15H11F6NO. The van der Waals surface area contributed by atoms with Gasteiger partial charge in [0.15, 0.2) is 0 Å². The molecule has 2 nitrogen and oxygen atoms in total.